The first-order valence-electron chi connectivity index (χ1n) is 5.67. The Balaban J connectivity index is 2.82. The number of nitriles is 1. The lowest BCUT2D eigenvalue weighted by Gasteiger charge is -2.18. The number of hydrogen-bond donors (Lipinski definition) is 1. The number of nitrogens with one attached hydrogen (secondary N) is 1. The molecule has 16 heavy (non-hydrogen) atoms. The second kappa shape index (κ2) is 6.40. The highest BCUT2D eigenvalue weighted by molar-refractivity contribution is 6.33. The Kier molecular flexibility index (Phi) is 5.14. The minimum atomic E-state index is 0.427. The molecule has 0 fully saturated rings. The molecule has 0 bridgehead atoms. The lowest BCUT2D eigenvalue weighted by molar-refractivity contribution is 0.623. The van der Waals surface area contributed by atoms with Crippen molar-refractivity contribution < 1.29 is 0 Å². The van der Waals surface area contributed by atoms with Crippen LogP contribution >= 0.6 is 11.6 Å². The van der Waals surface area contributed by atoms with Crippen molar-refractivity contribution in [1.29, 1.82) is 5.26 Å². The molecule has 3 heteroatoms. The van der Waals surface area contributed by atoms with Crippen LogP contribution in [-0.4, -0.2) is 6.04 Å². The molecule has 1 N–H and O–H groups in total. The van der Waals surface area contributed by atoms with Crippen LogP contribution in [0.5, 0.6) is 0 Å². The molecule has 86 valence electrons. The van der Waals surface area contributed by atoms with Crippen molar-refractivity contribution in [3.05, 3.63) is 28.8 Å². The van der Waals surface area contributed by atoms with Gasteiger partial charge in [-0.3, -0.25) is 0 Å². The van der Waals surface area contributed by atoms with Gasteiger partial charge in [-0.15, -0.1) is 0 Å². The average Bonchev–Trinajstić information content (AvgIpc) is 2.31. The van der Waals surface area contributed by atoms with Crippen LogP contribution in [0, 0.1) is 11.3 Å². The molecule has 1 aromatic rings. The van der Waals surface area contributed by atoms with E-state index in [1.807, 2.05) is 0 Å². The lowest BCUT2D eigenvalue weighted by Crippen LogP contribution is -2.18. The summed E-state index contributed by atoms with van der Waals surface area (Å²) in [4.78, 5) is 0. The van der Waals surface area contributed by atoms with Crippen LogP contribution in [0.15, 0.2) is 18.2 Å². The van der Waals surface area contributed by atoms with Crippen LogP contribution in [-0.2, 0) is 0 Å². The molecule has 0 aliphatic carbocycles. The molecule has 1 atom stereocenters. The molecule has 2 nitrogen and oxygen atoms in total. The lowest BCUT2D eigenvalue weighted by atomic mass is 10.1. The van der Waals surface area contributed by atoms with Crippen LogP contribution in [0.1, 0.15) is 38.7 Å². The molecule has 0 spiro atoms. The van der Waals surface area contributed by atoms with Gasteiger partial charge >= 0.3 is 0 Å². The zero-order valence-electron chi connectivity index (χ0n) is 9.76. The minimum Gasteiger partial charge on any atom is -0.381 e. The van der Waals surface area contributed by atoms with Gasteiger partial charge in [0.25, 0.3) is 0 Å². The summed E-state index contributed by atoms with van der Waals surface area (Å²) in [5.74, 6) is 0. The molecular weight excluding hydrogens is 220 g/mol. The van der Waals surface area contributed by atoms with Crippen molar-refractivity contribution in [1.82, 2.24) is 0 Å². The average molecular weight is 237 g/mol. The molecule has 0 saturated heterocycles. The summed E-state index contributed by atoms with van der Waals surface area (Å²) in [6, 6.07) is 7.85. The van der Waals surface area contributed by atoms with Crippen molar-refractivity contribution in [2.75, 3.05) is 5.32 Å². The van der Waals surface area contributed by atoms with Gasteiger partial charge in [0.05, 0.1) is 22.3 Å². The molecule has 0 heterocycles. The van der Waals surface area contributed by atoms with E-state index in [0.717, 1.165) is 24.9 Å². The minimum absolute atomic E-state index is 0.427. The molecule has 1 aromatic carbocycles. The third kappa shape index (κ3) is 3.43. The SMILES string of the molecule is CCCC(CC)Nc1cc(C#N)ccc1Cl. The predicted octanol–water partition coefficient (Wildman–Crippen LogP) is 4.20. The highest BCUT2D eigenvalue weighted by Crippen LogP contribution is 2.24. The standard InChI is InChI=1S/C13H17ClN2/c1-3-5-11(4-2)16-13-8-10(9-15)6-7-12(13)14/h6-8,11,16H,3-5H2,1-2H3. The highest BCUT2D eigenvalue weighted by atomic mass is 35.5. The quantitative estimate of drug-likeness (QED) is 0.832. The molecule has 1 unspecified atom stereocenters. The first kappa shape index (κ1) is 12.9. The van der Waals surface area contributed by atoms with Gasteiger partial charge in [-0.05, 0) is 31.0 Å². The molecule has 0 aromatic heterocycles. The molecule has 0 radical (unpaired) electrons. The van der Waals surface area contributed by atoms with Gasteiger partial charge in [-0.25, -0.2) is 0 Å². The summed E-state index contributed by atoms with van der Waals surface area (Å²) < 4.78 is 0. The van der Waals surface area contributed by atoms with E-state index < -0.39 is 0 Å². The number of benzene rings is 1. The van der Waals surface area contributed by atoms with Crippen LogP contribution in [0.25, 0.3) is 0 Å². The van der Waals surface area contributed by atoms with E-state index in [0.29, 0.717) is 16.6 Å². The number of halogens is 1. The maximum atomic E-state index is 8.83. The van der Waals surface area contributed by atoms with Crippen LogP contribution < -0.4 is 5.32 Å². The Morgan fingerprint density at radius 3 is 2.75 bits per heavy atom. The smallest absolute Gasteiger partial charge is 0.0992 e. The van der Waals surface area contributed by atoms with E-state index in [4.69, 9.17) is 16.9 Å². The third-order valence-corrected chi connectivity index (χ3v) is 2.91. The van der Waals surface area contributed by atoms with Crippen LogP contribution in [0.4, 0.5) is 5.69 Å². The van der Waals surface area contributed by atoms with Gasteiger partial charge in [0.15, 0.2) is 0 Å². The summed E-state index contributed by atoms with van der Waals surface area (Å²) in [5, 5.41) is 12.9. The summed E-state index contributed by atoms with van der Waals surface area (Å²) in [6.07, 6.45) is 3.31. The molecule has 1 rings (SSSR count). The largest absolute Gasteiger partial charge is 0.381 e. The van der Waals surface area contributed by atoms with Gasteiger partial charge in [0.1, 0.15) is 0 Å². The number of nitrogens with zero attached hydrogens (tertiary/aromatic N) is 1. The van der Waals surface area contributed by atoms with Gasteiger partial charge in [-0.2, -0.15) is 5.26 Å². The monoisotopic (exact) mass is 236 g/mol. The summed E-state index contributed by atoms with van der Waals surface area (Å²) in [5.41, 5.74) is 1.50. The second-order valence-electron chi connectivity index (χ2n) is 3.84. The van der Waals surface area contributed by atoms with Crippen molar-refractivity contribution in [2.45, 2.75) is 39.2 Å². The Morgan fingerprint density at radius 1 is 1.44 bits per heavy atom. The molecule has 0 amide bonds. The van der Waals surface area contributed by atoms with Crippen molar-refractivity contribution in [3.63, 3.8) is 0 Å². The Hall–Kier alpha value is -1.20. The van der Waals surface area contributed by atoms with Gasteiger partial charge in [-0.1, -0.05) is 31.9 Å². The maximum Gasteiger partial charge on any atom is 0.0992 e. The van der Waals surface area contributed by atoms with Crippen LogP contribution in [0.2, 0.25) is 5.02 Å². The van der Waals surface area contributed by atoms with Gasteiger partial charge < -0.3 is 5.32 Å². The predicted molar refractivity (Wildman–Crippen MR) is 68.8 cm³/mol. The van der Waals surface area contributed by atoms with Gasteiger partial charge in [0, 0.05) is 6.04 Å². The van der Waals surface area contributed by atoms with Crippen molar-refractivity contribution >= 4 is 17.3 Å². The topological polar surface area (TPSA) is 35.8 Å². The third-order valence-electron chi connectivity index (χ3n) is 2.59. The van der Waals surface area contributed by atoms with E-state index in [-0.39, 0.29) is 0 Å². The number of anilines is 1. The summed E-state index contributed by atoms with van der Waals surface area (Å²) >= 11 is 6.08. The number of rotatable bonds is 5. The molecular formula is C13H17ClN2. The fourth-order valence-corrected chi connectivity index (χ4v) is 1.82. The molecule has 0 aliphatic rings. The Bertz CT molecular complexity index is 382. The zero-order valence-corrected chi connectivity index (χ0v) is 10.5. The second-order valence-corrected chi connectivity index (χ2v) is 4.25. The maximum absolute atomic E-state index is 8.83. The van der Waals surface area contributed by atoms with E-state index in [2.05, 4.69) is 25.2 Å². The van der Waals surface area contributed by atoms with Crippen molar-refractivity contribution in [2.24, 2.45) is 0 Å². The normalized spacial score (nSPS) is 11.9. The van der Waals surface area contributed by atoms with E-state index >= 15 is 0 Å². The van der Waals surface area contributed by atoms with E-state index in [1.165, 1.54) is 0 Å². The molecule has 0 aliphatic heterocycles. The summed E-state index contributed by atoms with van der Waals surface area (Å²) in [6.45, 7) is 4.31. The zero-order chi connectivity index (χ0) is 12.0. The fraction of sp³-hybridized carbons (Fsp3) is 0.462. The van der Waals surface area contributed by atoms with Crippen LogP contribution in [0.3, 0.4) is 0 Å². The first-order chi connectivity index (χ1) is 7.71. The number of hydrogen-bond acceptors (Lipinski definition) is 2. The fourth-order valence-electron chi connectivity index (χ4n) is 1.65. The van der Waals surface area contributed by atoms with E-state index in [9.17, 15) is 0 Å². The Labute approximate surface area is 102 Å². The highest BCUT2D eigenvalue weighted by Gasteiger charge is 2.08. The van der Waals surface area contributed by atoms with Gasteiger partial charge in [0.2, 0.25) is 0 Å². The van der Waals surface area contributed by atoms with E-state index in [1.54, 1.807) is 18.2 Å². The molecule has 0 saturated carbocycles. The summed E-state index contributed by atoms with van der Waals surface area (Å²) in [7, 11) is 0. The van der Waals surface area contributed by atoms with Crippen molar-refractivity contribution in [3.8, 4) is 6.07 Å². The Morgan fingerprint density at radius 2 is 2.19 bits per heavy atom. The first-order valence-corrected chi connectivity index (χ1v) is 6.05.